The lowest BCUT2D eigenvalue weighted by atomic mass is 10.3. The van der Waals surface area contributed by atoms with Crippen molar-refractivity contribution in [1.82, 2.24) is 14.5 Å². The third kappa shape index (κ3) is 4.71. The summed E-state index contributed by atoms with van der Waals surface area (Å²) in [6.45, 7) is 4.70. The minimum absolute atomic E-state index is 0.120. The first-order chi connectivity index (χ1) is 13.5. The quantitative estimate of drug-likeness (QED) is 0.596. The summed E-state index contributed by atoms with van der Waals surface area (Å²) in [6, 6.07) is 14.2. The summed E-state index contributed by atoms with van der Waals surface area (Å²) in [5.74, 6) is 0.927. The summed E-state index contributed by atoms with van der Waals surface area (Å²) in [6.07, 6.45) is 3.43. The van der Waals surface area contributed by atoms with Crippen molar-refractivity contribution in [1.29, 1.82) is 0 Å². The number of nitrogens with one attached hydrogen (secondary N) is 1. The molecule has 1 heterocycles. The fourth-order valence-electron chi connectivity index (χ4n) is 2.63. The minimum Gasteiger partial charge on any atom is -0.490 e. The van der Waals surface area contributed by atoms with Gasteiger partial charge in [0.05, 0.1) is 30.0 Å². The van der Waals surface area contributed by atoms with Gasteiger partial charge in [0.25, 0.3) is 0 Å². The van der Waals surface area contributed by atoms with Crippen LogP contribution in [0.4, 0.5) is 0 Å². The molecule has 7 nitrogen and oxygen atoms in total. The van der Waals surface area contributed by atoms with E-state index in [1.165, 1.54) is 12.1 Å². The second kappa shape index (κ2) is 8.90. The first-order valence-electron chi connectivity index (χ1n) is 9.01. The van der Waals surface area contributed by atoms with Crippen molar-refractivity contribution < 1.29 is 17.9 Å². The van der Waals surface area contributed by atoms with Crippen LogP contribution in [0.25, 0.3) is 5.69 Å². The standard InChI is InChI=1S/C20H23N3O4S/c1-3-26-19-11-10-18(12-20(19)27-4-2)28(24,25)22-14-16-13-21-23(15-16)17-8-6-5-7-9-17/h5-13,15,22H,3-4,14H2,1-2H3. The molecule has 0 spiro atoms. The Morgan fingerprint density at radius 3 is 2.43 bits per heavy atom. The average Bonchev–Trinajstić information content (AvgIpc) is 3.18. The molecule has 0 bridgehead atoms. The first kappa shape index (κ1) is 19.9. The highest BCUT2D eigenvalue weighted by Gasteiger charge is 2.17. The predicted octanol–water partition coefficient (Wildman–Crippen LogP) is 3.15. The predicted molar refractivity (Wildman–Crippen MR) is 106 cm³/mol. The largest absolute Gasteiger partial charge is 0.490 e. The van der Waals surface area contributed by atoms with Gasteiger partial charge in [-0.25, -0.2) is 17.8 Å². The van der Waals surface area contributed by atoms with Gasteiger partial charge in [0, 0.05) is 24.4 Å². The highest BCUT2D eigenvalue weighted by molar-refractivity contribution is 7.89. The van der Waals surface area contributed by atoms with Crippen molar-refractivity contribution in [3.8, 4) is 17.2 Å². The Bertz CT molecular complexity index is 1020. The van der Waals surface area contributed by atoms with E-state index in [9.17, 15) is 8.42 Å². The third-order valence-electron chi connectivity index (χ3n) is 3.95. The van der Waals surface area contributed by atoms with E-state index in [1.807, 2.05) is 44.2 Å². The Labute approximate surface area is 165 Å². The minimum atomic E-state index is -3.71. The first-order valence-corrected chi connectivity index (χ1v) is 10.5. The molecule has 0 saturated heterocycles. The van der Waals surface area contributed by atoms with Crippen LogP contribution in [0.3, 0.4) is 0 Å². The molecule has 0 radical (unpaired) electrons. The molecule has 148 valence electrons. The molecule has 0 unspecified atom stereocenters. The maximum Gasteiger partial charge on any atom is 0.241 e. The monoisotopic (exact) mass is 401 g/mol. The molecule has 0 amide bonds. The summed E-state index contributed by atoms with van der Waals surface area (Å²) in [7, 11) is -3.71. The molecule has 1 N–H and O–H groups in total. The molecule has 0 aliphatic rings. The Morgan fingerprint density at radius 1 is 1.00 bits per heavy atom. The summed E-state index contributed by atoms with van der Waals surface area (Å²) < 4.78 is 40.6. The van der Waals surface area contributed by atoms with Gasteiger partial charge < -0.3 is 9.47 Å². The maximum atomic E-state index is 12.7. The van der Waals surface area contributed by atoms with Gasteiger partial charge in [0.1, 0.15) is 0 Å². The molecular weight excluding hydrogens is 378 g/mol. The lowest BCUT2D eigenvalue weighted by Crippen LogP contribution is -2.23. The molecule has 8 heteroatoms. The van der Waals surface area contributed by atoms with Gasteiger partial charge in [0.2, 0.25) is 10.0 Å². The van der Waals surface area contributed by atoms with Crippen LogP contribution in [0.5, 0.6) is 11.5 Å². The smallest absolute Gasteiger partial charge is 0.241 e. The summed E-state index contributed by atoms with van der Waals surface area (Å²) >= 11 is 0. The molecule has 0 fully saturated rings. The van der Waals surface area contributed by atoms with Crippen LogP contribution in [0, 0.1) is 0 Å². The second-order valence-electron chi connectivity index (χ2n) is 5.93. The van der Waals surface area contributed by atoms with Crippen LogP contribution in [0.1, 0.15) is 19.4 Å². The number of ether oxygens (including phenoxy) is 2. The zero-order chi connectivity index (χ0) is 20.0. The number of para-hydroxylation sites is 1. The van der Waals surface area contributed by atoms with Crippen LogP contribution < -0.4 is 14.2 Å². The van der Waals surface area contributed by atoms with Gasteiger partial charge in [0.15, 0.2) is 11.5 Å². The van der Waals surface area contributed by atoms with Crippen LogP contribution in [-0.4, -0.2) is 31.4 Å². The Balaban J connectivity index is 1.73. The second-order valence-corrected chi connectivity index (χ2v) is 7.69. The van der Waals surface area contributed by atoms with Crippen molar-refractivity contribution in [3.05, 3.63) is 66.5 Å². The van der Waals surface area contributed by atoms with E-state index < -0.39 is 10.0 Å². The van der Waals surface area contributed by atoms with E-state index in [-0.39, 0.29) is 11.4 Å². The number of aromatic nitrogens is 2. The van der Waals surface area contributed by atoms with Crippen LogP contribution in [0.15, 0.2) is 65.8 Å². The molecule has 3 aromatic rings. The third-order valence-corrected chi connectivity index (χ3v) is 5.35. The van der Waals surface area contributed by atoms with E-state index >= 15 is 0 Å². The normalized spacial score (nSPS) is 11.4. The van der Waals surface area contributed by atoms with Gasteiger partial charge in [-0.05, 0) is 38.1 Å². The van der Waals surface area contributed by atoms with E-state index in [0.717, 1.165) is 11.3 Å². The molecule has 3 rings (SSSR count). The van der Waals surface area contributed by atoms with Crippen molar-refractivity contribution in [2.75, 3.05) is 13.2 Å². The van der Waals surface area contributed by atoms with Crippen molar-refractivity contribution >= 4 is 10.0 Å². The molecule has 0 aliphatic heterocycles. The fraction of sp³-hybridized carbons (Fsp3) is 0.250. The summed E-state index contributed by atoms with van der Waals surface area (Å²) in [5.41, 5.74) is 1.66. The summed E-state index contributed by atoms with van der Waals surface area (Å²) in [4.78, 5) is 0.120. The number of hydrogen-bond donors (Lipinski definition) is 1. The average molecular weight is 401 g/mol. The highest BCUT2D eigenvalue weighted by Crippen LogP contribution is 2.30. The lowest BCUT2D eigenvalue weighted by molar-refractivity contribution is 0.287. The van der Waals surface area contributed by atoms with Crippen molar-refractivity contribution in [3.63, 3.8) is 0 Å². The van der Waals surface area contributed by atoms with Gasteiger partial charge in [-0.1, -0.05) is 18.2 Å². The Morgan fingerprint density at radius 2 is 1.71 bits per heavy atom. The van der Waals surface area contributed by atoms with Gasteiger partial charge in [-0.15, -0.1) is 0 Å². The molecule has 0 aliphatic carbocycles. The molecule has 28 heavy (non-hydrogen) atoms. The van der Waals surface area contributed by atoms with Crippen LogP contribution in [-0.2, 0) is 16.6 Å². The number of rotatable bonds is 9. The van der Waals surface area contributed by atoms with Crippen molar-refractivity contribution in [2.45, 2.75) is 25.3 Å². The highest BCUT2D eigenvalue weighted by atomic mass is 32.2. The zero-order valence-electron chi connectivity index (χ0n) is 15.8. The fourth-order valence-corrected chi connectivity index (χ4v) is 3.67. The Kier molecular flexibility index (Phi) is 6.33. The number of benzene rings is 2. The van der Waals surface area contributed by atoms with E-state index in [2.05, 4.69) is 9.82 Å². The lowest BCUT2D eigenvalue weighted by Gasteiger charge is -2.13. The van der Waals surface area contributed by atoms with E-state index in [1.54, 1.807) is 23.1 Å². The Hall–Kier alpha value is -2.84. The number of sulfonamides is 1. The topological polar surface area (TPSA) is 82.5 Å². The molecule has 0 saturated carbocycles. The van der Waals surface area contributed by atoms with Crippen LogP contribution >= 0.6 is 0 Å². The van der Waals surface area contributed by atoms with Gasteiger partial charge in [-0.3, -0.25) is 0 Å². The molecular formula is C20H23N3O4S. The molecule has 1 aromatic heterocycles. The maximum absolute atomic E-state index is 12.7. The summed E-state index contributed by atoms with van der Waals surface area (Å²) in [5, 5.41) is 4.28. The van der Waals surface area contributed by atoms with Crippen LogP contribution in [0.2, 0.25) is 0 Å². The van der Waals surface area contributed by atoms with Gasteiger partial charge >= 0.3 is 0 Å². The zero-order valence-corrected chi connectivity index (χ0v) is 16.6. The van der Waals surface area contributed by atoms with E-state index in [0.29, 0.717) is 24.7 Å². The molecule has 0 atom stereocenters. The number of hydrogen-bond acceptors (Lipinski definition) is 5. The van der Waals surface area contributed by atoms with Gasteiger partial charge in [-0.2, -0.15) is 5.10 Å². The van der Waals surface area contributed by atoms with Crippen molar-refractivity contribution in [2.24, 2.45) is 0 Å². The number of nitrogens with zero attached hydrogens (tertiary/aromatic N) is 2. The molecule has 2 aromatic carbocycles. The SMILES string of the molecule is CCOc1ccc(S(=O)(=O)NCc2cnn(-c3ccccc3)c2)cc1OCC. The van der Waals surface area contributed by atoms with E-state index in [4.69, 9.17) is 9.47 Å².